The highest BCUT2D eigenvalue weighted by atomic mass is 19.1. The van der Waals surface area contributed by atoms with Crippen molar-refractivity contribution in [2.24, 2.45) is 0 Å². The van der Waals surface area contributed by atoms with Gasteiger partial charge in [-0.05, 0) is 38.4 Å². The second-order valence-electron chi connectivity index (χ2n) is 4.61. The summed E-state index contributed by atoms with van der Waals surface area (Å²) in [5, 5.41) is 3.12. The van der Waals surface area contributed by atoms with Crippen LogP contribution >= 0.6 is 0 Å². The summed E-state index contributed by atoms with van der Waals surface area (Å²) in [4.78, 5) is 15.8. The number of hydrogen-bond acceptors (Lipinski definition) is 3. The van der Waals surface area contributed by atoms with E-state index in [0.29, 0.717) is 13.1 Å². The molecule has 98 valence electrons. The number of nitrogens with zero attached hydrogens (tertiary/aromatic N) is 2. The van der Waals surface area contributed by atoms with Crippen molar-refractivity contribution in [3.05, 3.63) is 30.1 Å². The maximum atomic E-state index is 12.9. The maximum absolute atomic E-state index is 12.9. The zero-order valence-electron chi connectivity index (χ0n) is 10.7. The van der Waals surface area contributed by atoms with Crippen molar-refractivity contribution in [1.82, 2.24) is 10.2 Å². The Bertz CT molecular complexity index is 421. The van der Waals surface area contributed by atoms with Crippen LogP contribution in [-0.2, 0) is 4.79 Å². The molecular formula is C13H18FN3O. The maximum Gasteiger partial charge on any atom is 0.241 e. The van der Waals surface area contributed by atoms with Gasteiger partial charge in [0.15, 0.2) is 0 Å². The summed E-state index contributed by atoms with van der Waals surface area (Å²) in [6, 6.07) is 6.34. The number of piperazine rings is 1. The lowest BCUT2D eigenvalue weighted by atomic mass is 10.1. The number of benzene rings is 1. The monoisotopic (exact) mass is 251 g/mol. The van der Waals surface area contributed by atoms with Crippen LogP contribution < -0.4 is 10.2 Å². The second-order valence-corrected chi connectivity index (χ2v) is 4.61. The molecule has 1 saturated heterocycles. The molecule has 1 aliphatic rings. The van der Waals surface area contributed by atoms with Crippen LogP contribution in [0.5, 0.6) is 0 Å². The first kappa shape index (κ1) is 13.0. The molecular weight excluding hydrogens is 233 g/mol. The standard InChI is InChI=1S/C13H18FN3O/c1-15-7-12-8-17(13(18)9-16(12)2)11-5-3-10(14)4-6-11/h3-6,12,15H,7-9H2,1-2H3. The Labute approximate surface area is 106 Å². The summed E-state index contributed by atoms with van der Waals surface area (Å²) in [6.07, 6.45) is 0. The van der Waals surface area contributed by atoms with Crippen molar-refractivity contribution in [3.63, 3.8) is 0 Å². The van der Waals surface area contributed by atoms with Crippen LogP contribution in [0.4, 0.5) is 10.1 Å². The molecule has 1 aromatic rings. The van der Waals surface area contributed by atoms with E-state index >= 15 is 0 Å². The molecule has 0 bridgehead atoms. The smallest absolute Gasteiger partial charge is 0.241 e. The van der Waals surface area contributed by atoms with Gasteiger partial charge in [0.05, 0.1) is 6.54 Å². The summed E-state index contributed by atoms with van der Waals surface area (Å²) in [6.45, 7) is 1.84. The molecule has 5 heteroatoms. The first-order chi connectivity index (χ1) is 8.61. The Hall–Kier alpha value is -1.46. The van der Waals surface area contributed by atoms with Gasteiger partial charge in [-0.1, -0.05) is 0 Å². The van der Waals surface area contributed by atoms with E-state index in [1.165, 1.54) is 12.1 Å². The predicted octanol–water partition coefficient (Wildman–Crippen LogP) is 0.692. The summed E-state index contributed by atoms with van der Waals surface area (Å²) >= 11 is 0. The summed E-state index contributed by atoms with van der Waals surface area (Å²) in [5.74, 6) is -0.233. The zero-order chi connectivity index (χ0) is 13.1. The van der Waals surface area contributed by atoms with Gasteiger partial charge >= 0.3 is 0 Å². The van der Waals surface area contributed by atoms with E-state index in [-0.39, 0.29) is 17.8 Å². The van der Waals surface area contributed by atoms with Gasteiger partial charge in [0.2, 0.25) is 5.91 Å². The van der Waals surface area contributed by atoms with Crippen LogP contribution in [0.25, 0.3) is 0 Å². The van der Waals surface area contributed by atoms with E-state index in [1.807, 2.05) is 19.0 Å². The van der Waals surface area contributed by atoms with Gasteiger partial charge in [-0.3, -0.25) is 9.69 Å². The fourth-order valence-corrected chi connectivity index (χ4v) is 2.21. The number of hydrogen-bond donors (Lipinski definition) is 1. The molecule has 0 aliphatic carbocycles. The molecule has 1 unspecified atom stereocenters. The fraction of sp³-hybridized carbons (Fsp3) is 0.462. The molecule has 1 N–H and O–H groups in total. The van der Waals surface area contributed by atoms with E-state index in [0.717, 1.165) is 12.2 Å². The van der Waals surface area contributed by atoms with Crippen molar-refractivity contribution >= 4 is 11.6 Å². The Morgan fingerprint density at radius 3 is 2.67 bits per heavy atom. The van der Waals surface area contributed by atoms with E-state index in [2.05, 4.69) is 5.32 Å². The molecule has 0 radical (unpaired) electrons. The van der Waals surface area contributed by atoms with E-state index in [1.54, 1.807) is 17.0 Å². The third-order valence-corrected chi connectivity index (χ3v) is 3.28. The first-order valence-electron chi connectivity index (χ1n) is 6.02. The zero-order valence-corrected chi connectivity index (χ0v) is 10.7. The highest BCUT2D eigenvalue weighted by molar-refractivity contribution is 5.95. The Morgan fingerprint density at radius 2 is 2.06 bits per heavy atom. The summed E-state index contributed by atoms with van der Waals surface area (Å²) < 4.78 is 12.9. The molecule has 1 aromatic carbocycles. The average Bonchev–Trinajstić information content (AvgIpc) is 2.34. The average molecular weight is 251 g/mol. The van der Waals surface area contributed by atoms with Crippen LogP contribution in [0, 0.1) is 5.82 Å². The van der Waals surface area contributed by atoms with Crippen molar-refractivity contribution in [2.45, 2.75) is 6.04 Å². The Balaban J connectivity index is 2.16. The van der Waals surface area contributed by atoms with Crippen LogP contribution in [0.3, 0.4) is 0 Å². The van der Waals surface area contributed by atoms with Gasteiger partial charge in [-0.15, -0.1) is 0 Å². The van der Waals surface area contributed by atoms with Gasteiger partial charge < -0.3 is 10.2 Å². The topological polar surface area (TPSA) is 35.6 Å². The number of carbonyl (C=O) groups excluding carboxylic acids is 1. The second kappa shape index (κ2) is 5.46. The minimum absolute atomic E-state index is 0.0523. The van der Waals surface area contributed by atoms with Crippen molar-refractivity contribution in [1.29, 1.82) is 0 Å². The first-order valence-corrected chi connectivity index (χ1v) is 6.02. The van der Waals surface area contributed by atoms with Crippen LogP contribution in [-0.4, -0.2) is 50.6 Å². The molecule has 0 spiro atoms. The lowest BCUT2D eigenvalue weighted by molar-refractivity contribution is -0.121. The molecule has 1 heterocycles. The third kappa shape index (κ3) is 2.68. The molecule has 1 aliphatic heterocycles. The molecule has 1 atom stereocenters. The van der Waals surface area contributed by atoms with Gasteiger partial charge in [-0.25, -0.2) is 4.39 Å². The van der Waals surface area contributed by atoms with E-state index in [9.17, 15) is 9.18 Å². The number of carbonyl (C=O) groups is 1. The van der Waals surface area contributed by atoms with Gasteiger partial charge in [0.25, 0.3) is 0 Å². The number of anilines is 1. The quantitative estimate of drug-likeness (QED) is 0.858. The molecule has 2 rings (SSSR count). The number of rotatable bonds is 3. The lowest BCUT2D eigenvalue weighted by Gasteiger charge is -2.39. The molecule has 0 saturated carbocycles. The Morgan fingerprint density at radius 1 is 1.39 bits per heavy atom. The Kier molecular flexibility index (Phi) is 3.93. The SMILES string of the molecule is CNCC1CN(c2ccc(F)cc2)C(=O)CN1C. The number of likely N-dealkylation sites (N-methyl/N-ethyl adjacent to an activating group) is 2. The largest absolute Gasteiger partial charge is 0.318 e. The highest BCUT2D eigenvalue weighted by Crippen LogP contribution is 2.19. The van der Waals surface area contributed by atoms with Crippen molar-refractivity contribution in [2.75, 3.05) is 38.6 Å². The molecule has 1 amide bonds. The third-order valence-electron chi connectivity index (χ3n) is 3.28. The molecule has 4 nitrogen and oxygen atoms in total. The number of halogens is 1. The number of nitrogens with one attached hydrogen (secondary N) is 1. The molecule has 0 aromatic heterocycles. The summed E-state index contributed by atoms with van der Waals surface area (Å²) in [7, 11) is 3.84. The number of amides is 1. The van der Waals surface area contributed by atoms with E-state index in [4.69, 9.17) is 0 Å². The minimum Gasteiger partial charge on any atom is -0.318 e. The van der Waals surface area contributed by atoms with Crippen molar-refractivity contribution < 1.29 is 9.18 Å². The normalized spacial score (nSPS) is 21.4. The van der Waals surface area contributed by atoms with Gasteiger partial charge in [0.1, 0.15) is 5.82 Å². The van der Waals surface area contributed by atoms with Crippen LogP contribution in [0.2, 0.25) is 0 Å². The van der Waals surface area contributed by atoms with Crippen molar-refractivity contribution in [3.8, 4) is 0 Å². The van der Waals surface area contributed by atoms with Crippen LogP contribution in [0.15, 0.2) is 24.3 Å². The minimum atomic E-state index is -0.285. The van der Waals surface area contributed by atoms with Crippen LogP contribution in [0.1, 0.15) is 0 Å². The molecule has 1 fully saturated rings. The van der Waals surface area contributed by atoms with Gasteiger partial charge in [0, 0.05) is 24.8 Å². The summed E-state index contributed by atoms with van der Waals surface area (Å²) in [5.41, 5.74) is 0.760. The highest BCUT2D eigenvalue weighted by Gasteiger charge is 2.30. The van der Waals surface area contributed by atoms with E-state index < -0.39 is 0 Å². The fourth-order valence-electron chi connectivity index (χ4n) is 2.21. The van der Waals surface area contributed by atoms with Gasteiger partial charge in [-0.2, -0.15) is 0 Å². The molecule has 18 heavy (non-hydrogen) atoms. The predicted molar refractivity (Wildman–Crippen MR) is 69.1 cm³/mol. The lowest BCUT2D eigenvalue weighted by Crippen LogP contribution is -2.57.